The molecule has 0 heterocycles. The number of amides is 2. The van der Waals surface area contributed by atoms with Gasteiger partial charge >= 0.3 is 17.9 Å². The van der Waals surface area contributed by atoms with E-state index in [2.05, 4.69) is 10.6 Å². The van der Waals surface area contributed by atoms with Gasteiger partial charge < -0.3 is 35.1 Å². The highest BCUT2D eigenvalue weighted by molar-refractivity contribution is 6.01. The number of nitrogens with one attached hydrogen (secondary N) is 2. The van der Waals surface area contributed by atoms with Gasteiger partial charge in [-0.1, -0.05) is 70.0 Å². The van der Waals surface area contributed by atoms with E-state index in [0.29, 0.717) is 19.3 Å². The van der Waals surface area contributed by atoms with E-state index in [1.165, 1.54) is 32.0 Å². The van der Waals surface area contributed by atoms with Crippen molar-refractivity contribution >= 4 is 35.9 Å². The Labute approximate surface area is 263 Å². The SMILES string of the molecule is CCCC[C@@H](C(=O)O)[C@@H](OC(=O)CC(C)C)[C@H](C)OC(=O)[C@@H](NC(=O)c1cccc(NC=O)c1OCc1ccccc1)[C@@H](C)O. The third-order valence-corrected chi connectivity index (χ3v) is 6.91. The number of aliphatic hydroxyl groups excluding tert-OH is 1. The van der Waals surface area contributed by atoms with Crippen LogP contribution in [0.1, 0.15) is 76.2 Å². The van der Waals surface area contributed by atoms with Gasteiger partial charge in [-0.15, -0.1) is 0 Å². The number of aliphatic carboxylic acids is 1. The fourth-order valence-corrected chi connectivity index (χ4v) is 4.59. The number of para-hydroxylation sites is 1. The summed E-state index contributed by atoms with van der Waals surface area (Å²) in [6.45, 7) is 8.25. The molecule has 5 atom stereocenters. The maximum atomic E-state index is 13.5. The molecule has 0 aliphatic heterocycles. The first-order valence-electron chi connectivity index (χ1n) is 15.0. The van der Waals surface area contributed by atoms with Crippen molar-refractivity contribution in [2.75, 3.05) is 5.32 Å². The fourth-order valence-electron chi connectivity index (χ4n) is 4.59. The molecule has 4 N–H and O–H groups in total. The van der Waals surface area contributed by atoms with Gasteiger partial charge in [-0.05, 0) is 43.9 Å². The average Bonchev–Trinajstić information content (AvgIpc) is 2.98. The molecule has 2 aromatic rings. The molecule has 0 aliphatic carbocycles. The zero-order valence-corrected chi connectivity index (χ0v) is 26.4. The molecule has 246 valence electrons. The van der Waals surface area contributed by atoms with Crippen LogP contribution in [0.2, 0.25) is 0 Å². The topological polar surface area (TPSA) is 178 Å². The second kappa shape index (κ2) is 18.4. The van der Waals surface area contributed by atoms with Crippen LogP contribution in [0.15, 0.2) is 48.5 Å². The largest absolute Gasteiger partial charge is 0.486 e. The molecule has 0 aliphatic rings. The Morgan fingerprint density at radius 3 is 2.22 bits per heavy atom. The van der Waals surface area contributed by atoms with Gasteiger partial charge in [-0.25, -0.2) is 4.79 Å². The Kier molecular flexibility index (Phi) is 15.0. The van der Waals surface area contributed by atoms with E-state index in [-0.39, 0.29) is 42.4 Å². The summed E-state index contributed by atoms with van der Waals surface area (Å²) < 4.78 is 17.0. The van der Waals surface area contributed by atoms with E-state index in [9.17, 15) is 34.2 Å². The second-order valence-electron chi connectivity index (χ2n) is 11.2. The first-order valence-corrected chi connectivity index (χ1v) is 15.0. The van der Waals surface area contributed by atoms with Crippen LogP contribution in [0.25, 0.3) is 0 Å². The lowest BCUT2D eigenvalue weighted by Crippen LogP contribution is -2.51. The minimum atomic E-state index is -1.59. The number of rotatable bonds is 19. The zero-order chi connectivity index (χ0) is 33.5. The van der Waals surface area contributed by atoms with Crippen LogP contribution in [0, 0.1) is 11.8 Å². The lowest BCUT2D eigenvalue weighted by molar-refractivity contribution is -0.179. The summed E-state index contributed by atoms with van der Waals surface area (Å²) in [6.07, 6.45) is -2.09. The Morgan fingerprint density at radius 2 is 1.64 bits per heavy atom. The predicted molar refractivity (Wildman–Crippen MR) is 165 cm³/mol. The number of carboxylic acids is 1. The maximum absolute atomic E-state index is 13.5. The van der Waals surface area contributed by atoms with E-state index in [1.807, 2.05) is 51.1 Å². The number of aliphatic hydroxyl groups is 1. The highest BCUT2D eigenvalue weighted by atomic mass is 16.6. The van der Waals surface area contributed by atoms with Crippen molar-refractivity contribution in [2.45, 2.75) is 91.3 Å². The van der Waals surface area contributed by atoms with Gasteiger partial charge in [0.2, 0.25) is 6.41 Å². The molecule has 2 amide bonds. The maximum Gasteiger partial charge on any atom is 0.331 e. The monoisotopic (exact) mass is 628 g/mol. The van der Waals surface area contributed by atoms with Crippen molar-refractivity contribution in [3.8, 4) is 5.75 Å². The van der Waals surface area contributed by atoms with Crippen molar-refractivity contribution in [2.24, 2.45) is 11.8 Å². The molecule has 0 aromatic heterocycles. The Bertz CT molecular complexity index is 1280. The average molecular weight is 629 g/mol. The molecule has 0 fully saturated rings. The molecule has 0 bridgehead atoms. The molecule has 45 heavy (non-hydrogen) atoms. The van der Waals surface area contributed by atoms with Gasteiger partial charge in [0.25, 0.3) is 5.91 Å². The summed E-state index contributed by atoms with van der Waals surface area (Å²) in [5.74, 6) is -4.88. The van der Waals surface area contributed by atoms with Crippen molar-refractivity contribution < 1.29 is 48.4 Å². The molecule has 2 rings (SSSR count). The normalized spacial score (nSPS) is 14.3. The van der Waals surface area contributed by atoms with E-state index in [0.717, 1.165) is 5.56 Å². The number of ether oxygens (including phenoxy) is 3. The minimum Gasteiger partial charge on any atom is -0.486 e. The van der Waals surface area contributed by atoms with Crippen LogP contribution in [-0.4, -0.2) is 64.8 Å². The first kappa shape index (κ1) is 36.7. The molecule has 0 unspecified atom stereocenters. The Morgan fingerprint density at radius 1 is 0.956 bits per heavy atom. The quantitative estimate of drug-likeness (QED) is 0.131. The van der Waals surface area contributed by atoms with Gasteiger partial charge in [-0.2, -0.15) is 0 Å². The number of hydrogen-bond acceptors (Lipinski definition) is 9. The van der Waals surface area contributed by atoms with Gasteiger partial charge in [-0.3, -0.25) is 19.2 Å². The van der Waals surface area contributed by atoms with Crippen molar-refractivity contribution in [3.05, 3.63) is 59.7 Å². The third kappa shape index (κ3) is 11.5. The Balaban J connectivity index is 2.31. The number of benzene rings is 2. The van der Waals surface area contributed by atoms with Crippen molar-refractivity contribution in [1.29, 1.82) is 0 Å². The van der Waals surface area contributed by atoms with Crippen LogP contribution < -0.4 is 15.4 Å². The molecule has 2 aromatic carbocycles. The van der Waals surface area contributed by atoms with Gasteiger partial charge in [0.05, 0.1) is 23.3 Å². The molecule has 12 heteroatoms. The number of hydrogen-bond donors (Lipinski definition) is 4. The lowest BCUT2D eigenvalue weighted by Gasteiger charge is -2.31. The molecular formula is C33H44N2O10. The molecular weight excluding hydrogens is 584 g/mol. The number of esters is 2. The summed E-state index contributed by atoms with van der Waals surface area (Å²) in [6, 6.07) is 12.0. The van der Waals surface area contributed by atoms with Crippen molar-refractivity contribution in [1.82, 2.24) is 5.32 Å². The van der Waals surface area contributed by atoms with Crippen LogP contribution in [0.3, 0.4) is 0 Å². The summed E-state index contributed by atoms with van der Waals surface area (Å²) >= 11 is 0. The van der Waals surface area contributed by atoms with Crippen LogP contribution >= 0.6 is 0 Å². The molecule has 0 saturated carbocycles. The van der Waals surface area contributed by atoms with E-state index < -0.39 is 54.1 Å². The molecule has 0 spiro atoms. The number of carbonyl (C=O) groups excluding carboxylic acids is 4. The van der Waals surface area contributed by atoms with Crippen LogP contribution in [0.4, 0.5) is 5.69 Å². The van der Waals surface area contributed by atoms with Crippen LogP contribution in [-0.2, 0) is 35.3 Å². The number of carboxylic acid groups (broad SMARTS) is 1. The smallest absolute Gasteiger partial charge is 0.331 e. The van der Waals surface area contributed by atoms with E-state index in [4.69, 9.17) is 14.2 Å². The summed E-state index contributed by atoms with van der Waals surface area (Å²) in [4.78, 5) is 62.7. The van der Waals surface area contributed by atoms with E-state index >= 15 is 0 Å². The number of anilines is 1. The molecule has 0 saturated heterocycles. The lowest BCUT2D eigenvalue weighted by atomic mass is 9.92. The van der Waals surface area contributed by atoms with Gasteiger partial charge in [0, 0.05) is 6.42 Å². The fraction of sp³-hybridized carbons (Fsp3) is 0.485. The number of carbonyl (C=O) groups is 5. The number of unbranched alkanes of at least 4 members (excludes halogenated alkanes) is 1. The minimum absolute atomic E-state index is 0.0321. The van der Waals surface area contributed by atoms with Crippen LogP contribution in [0.5, 0.6) is 5.75 Å². The summed E-state index contributed by atoms with van der Waals surface area (Å²) in [7, 11) is 0. The highest BCUT2D eigenvalue weighted by Gasteiger charge is 2.39. The first-order chi connectivity index (χ1) is 21.4. The van der Waals surface area contributed by atoms with Gasteiger partial charge in [0.15, 0.2) is 17.9 Å². The summed E-state index contributed by atoms with van der Waals surface area (Å²) in [5, 5.41) is 25.3. The predicted octanol–water partition coefficient (Wildman–Crippen LogP) is 4.09. The van der Waals surface area contributed by atoms with Crippen molar-refractivity contribution in [3.63, 3.8) is 0 Å². The van der Waals surface area contributed by atoms with E-state index in [1.54, 1.807) is 0 Å². The van der Waals surface area contributed by atoms with Gasteiger partial charge in [0.1, 0.15) is 12.7 Å². The Hall–Kier alpha value is -4.45. The highest BCUT2D eigenvalue weighted by Crippen LogP contribution is 2.30. The second-order valence-corrected chi connectivity index (χ2v) is 11.2. The summed E-state index contributed by atoms with van der Waals surface area (Å²) in [5.41, 5.74) is 0.970. The third-order valence-electron chi connectivity index (χ3n) is 6.91. The zero-order valence-electron chi connectivity index (χ0n) is 26.4. The molecule has 12 nitrogen and oxygen atoms in total. The molecule has 0 radical (unpaired) electrons. The standard InChI is InChI=1S/C33H44N2O10/c1-6-7-14-25(32(40)41)29(45-27(38)17-20(2)3)22(5)44-33(42)28(21(4)37)35-31(39)24-15-11-16-26(34-19-36)30(24)43-18-23-12-9-8-10-13-23/h8-13,15-16,19-22,25,28-29,37H,6-7,14,17-18H2,1-5H3,(H,34,36)(H,35,39)(H,40,41)/t21-,22+,25-,28+,29+/m1/s1.